The first kappa shape index (κ1) is 24.0. The molecule has 37 heavy (non-hydrogen) atoms. The summed E-state index contributed by atoms with van der Waals surface area (Å²) in [5.41, 5.74) is 3.92. The Hall–Kier alpha value is -4.69. The van der Waals surface area contributed by atoms with E-state index in [-0.39, 0.29) is 16.9 Å². The molecule has 0 unspecified atom stereocenters. The summed E-state index contributed by atoms with van der Waals surface area (Å²) in [5, 5.41) is 7.26. The molecule has 5 rings (SSSR count). The number of fused-ring (bicyclic) bond motifs is 2. The van der Waals surface area contributed by atoms with Gasteiger partial charge in [-0.2, -0.15) is 0 Å². The molecule has 0 bridgehead atoms. The van der Waals surface area contributed by atoms with Crippen LogP contribution in [0, 0.1) is 0 Å². The first-order valence-corrected chi connectivity index (χ1v) is 12.0. The summed E-state index contributed by atoms with van der Waals surface area (Å²) in [6.45, 7) is 1.31. The molecule has 0 radical (unpaired) electrons. The van der Waals surface area contributed by atoms with E-state index in [9.17, 15) is 14.4 Å². The number of hydrogen-bond donors (Lipinski definition) is 4. The van der Waals surface area contributed by atoms with Gasteiger partial charge in [0.25, 0.3) is 11.8 Å². The second-order valence-corrected chi connectivity index (χ2v) is 9.13. The highest BCUT2D eigenvalue weighted by Crippen LogP contribution is 2.33. The smallest absolute Gasteiger partial charge is 0.261 e. The van der Waals surface area contributed by atoms with Crippen molar-refractivity contribution < 1.29 is 9.59 Å². The monoisotopic (exact) mass is 493 g/mol. The normalized spacial score (nSPS) is 11.2. The van der Waals surface area contributed by atoms with Crippen LogP contribution < -0.4 is 16.1 Å². The van der Waals surface area contributed by atoms with Gasteiger partial charge < -0.3 is 25.5 Å². The van der Waals surface area contributed by atoms with E-state index in [0.717, 1.165) is 28.6 Å². The van der Waals surface area contributed by atoms with Crippen molar-refractivity contribution in [3.05, 3.63) is 100 Å². The Balaban J connectivity index is 1.46. The lowest BCUT2D eigenvalue weighted by Crippen LogP contribution is -2.31. The zero-order chi connectivity index (χ0) is 25.9. The summed E-state index contributed by atoms with van der Waals surface area (Å²) in [4.78, 5) is 46.9. The lowest BCUT2D eigenvalue weighted by atomic mass is 9.99. The van der Waals surface area contributed by atoms with E-state index < -0.39 is 5.91 Å². The standard InChI is InChI=1S/C29H27N5O3/c1-34(2)14-13-31-28(36)19-9-7-18(8-10-19)22-15-20-11-12-30-25(20)16-26(22)33-29(37)23-17-32-24-6-4-3-5-21(24)27(23)35/h3-12,15-17,30H,13-14H2,1-2H3,(H,31,36)(H,32,35)(H,33,37). The Morgan fingerprint density at radius 3 is 2.46 bits per heavy atom. The Labute approximate surface area is 213 Å². The first-order chi connectivity index (χ1) is 17.9. The number of pyridine rings is 1. The van der Waals surface area contributed by atoms with Crippen molar-refractivity contribution >= 4 is 39.3 Å². The van der Waals surface area contributed by atoms with E-state index in [2.05, 4.69) is 20.6 Å². The lowest BCUT2D eigenvalue weighted by molar-refractivity contribution is 0.0950. The van der Waals surface area contributed by atoms with E-state index >= 15 is 0 Å². The molecule has 8 heteroatoms. The minimum absolute atomic E-state index is 0.0287. The summed E-state index contributed by atoms with van der Waals surface area (Å²) in [7, 11) is 3.91. The summed E-state index contributed by atoms with van der Waals surface area (Å²) in [6.07, 6.45) is 3.27. The fourth-order valence-electron chi connectivity index (χ4n) is 4.26. The highest BCUT2D eigenvalue weighted by atomic mass is 16.2. The highest BCUT2D eigenvalue weighted by Gasteiger charge is 2.17. The third-order valence-electron chi connectivity index (χ3n) is 6.28. The molecule has 0 atom stereocenters. The number of para-hydroxylation sites is 1. The predicted molar refractivity (Wildman–Crippen MR) is 147 cm³/mol. The largest absolute Gasteiger partial charge is 0.361 e. The number of aromatic nitrogens is 2. The van der Waals surface area contributed by atoms with Crippen LogP contribution in [0.15, 0.2) is 83.9 Å². The van der Waals surface area contributed by atoms with Gasteiger partial charge in [-0.15, -0.1) is 0 Å². The molecule has 0 aliphatic rings. The zero-order valence-corrected chi connectivity index (χ0v) is 20.6. The maximum Gasteiger partial charge on any atom is 0.261 e. The minimum Gasteiger partial charge on any atom is -0.361 e. The van der Waals surface area contributed by atoms with Crippen molar-refractivity contribution in [2.45, 2.75) is 0 Å². The van der Waals surface area contributed by atoms with Gasteiger partial charge in [-0.25, -0.2) is 0 Å². The molecule has 0 aliphatic carbocycles. The third kappa shape index (κ3) is 5.00. The number of aromatic amines is 2. The molecular formula is C29H27N5O3. The number of hydrogen-bond acceptors (Lipinski definition) is 4. The Morgan fingerprint density at radius 1 is 0.892 bits per heavy atom. The third-order valence-corrected chi connectivity index (χ3v) is 6.28. The molecule has 0 saturated carbocycles. The summed E-state index contributed by atoms with van der Waals surface area (Å²) in [5.74, 6) is -0.644. The Morgan fingerprint density at radius 2 is 1.68 bits per heavy atom. The van der Waals surface area contributed by atoms with Crippen LogP contribution in [0.25, 0.3) is 32.9 Å². The lowest BCUT2D eigenvalue weighted by Gasteiger charge is -2.13. The van der Waals surface area contributed by atoms with Gasteiger partial charge in [-0.3, -0.25) is 14.4 Å². The van der Waals surface area contributed by atoms with Crippen molar-refractivity contribution in [3.8, 4) is 11.1 Å². The number of likely N-dealkylation sites (N-methyl/N-ethyl adjacent to an activating group) is 1. The van der Waals surface area contributed by atoms with Crippen LogP contribution in [-0.2, 0) is 0 Å². The number of nitrogens with one attached hydrogen (secondary N) is 4. The van der Waals surface area contributed by atoms with Crippen molar-refractivity contribution in [2.75, 3.05) is 32.5 Å². The van der Waals surface area contributed by atoms with Crippen molar-refractivity contribution in [1.29, 1.82) is 0 Å². The quantitative estimate of drug-likeness (QED) is 0.272. The van der Waals surface area contributed by atoms with Gasteiger partial charge in [0, 0.05) is 58.4 Å². The SMILES string of the molecule is CN(C)CCNC(=O)c1ccc(-c2cc3cc[nH]c3cc2NC(=O)c2c[nH]c3ccccc3c2=O)cc1. The average Bonchev–Trinajstić information content (AvgIpc) is 3.36. The summed E-state index contributed by atoms with van der Waals surface area (Å²) >= 11 is 0. The molecule has 0 saturated heterocycles. The highest BCUT2D eigenvalue weighted by molar-refractivity contribution is 6.09. The number of benzene rings is 3. The zero-order valence-electron chi connectivity index (χ0n) is 20.6. The van der Waals surface area contributed by atoms with Crippen LogP contribution in [0.2, 0.25) is 0 Å². The number of carbonyl (C=O) groups excluding carboxylic acids is 2. The van der Waals surface area contributed by atoms with Gasteiger partial charge in [0.2, 0.25) is 5.43 Å². The van der Waals surface area contributed by atoms with Crippen LogP contribution in [0.1, 0.15) is 20.7 Å². The predicted octanol–water partition coefficient (Wildman–Crippen LogP) is 4.22. The van der Waals surface area contributed by atoms with E-state index in [1.807, 2.05) is 61.6 Å². The van der Waals surface area contributed by atoms with Crippen LogP contribution in [0.5, 0.6) is 0 Å². The van der Waals surface area contributed by atoms with Gasteiger partial charge in [0.1, 0.15) is 5.56 Å². The molecule has 186 valence electrons. The van der Waals surface area contributed by atoms with Crippen LogP contribution in [0.3, 0.4) is 0 Å². The molecule has 0 aliphatic heterocycles. The maximum atomic E-state index is 13.2. The van der Waals surface area contributed by atoms with Gasteiger partial charge in [-0.05, 0) is 62.1 Å². The molecule has 0 spiro atoms. The molecule has 8 nitrogen and oxygen atoms in total. The molecule has 2 heterocycles. The first-order valence-electron chi connectivity index (χ1n) is 12.0. The topological polar surface area (TPSA) is 110 Å². The van der Waals surface area contributed by atoms with Gasteiger partial charge >= 0.3 is 0 Å². The Bertz CT molecular complexity index is 1670. The van der Waals surface area contributed by atoms with E-state index in [0.29, 0.717) is 28.7 Å². The van der Waals surface area contributed by atoms with Crippen LogP contribution in [0.4, 0.5) is 5.69 Å². The van der Waals surface area contributed by atoms with Crippen LogP contribution >= 0.6 is 0 Å². The van der Waals surface area contributed by atoms with Gasteiger partial charge in [0.15, 0.2) is 0 Å². The number of anilines is 1. The average molecular weight is 494 g/mol. The van der Waals surface area contributed by atoms with Crippen LogP contribution in [-0.4, -0.2) is 53.9 Å². The summed E-state index contributed by atoms with van der Waals surface area (Å²) < 4.78 is 0. The molecule has 0 fully saturated rings. The van der Waals surface area contributed by atoms with E-state index in [4.69, 9.17) is 0 Å². The molecule has 2 amide bonds. The Kier molecular flexibility index (Phi) is 6.57. The number of nitrogens with zero attached hydrogens (tertiary/aromatic N) is 1. The van der Waals surface area contributed by atoms with Crippen molar-refractivity contribution in [3.63, 3.8) is 0 Å². The second-order valence-electron chi connectivity index (χ2n) is 9.13. The number of amides is 2. The second kappa shape index (κ2) is 10.1. The van der Waals surface area contributed by atoms with E-state index in [1.165, 1.54) is 6.20 Å². The summed E-state index contributed by atoms with van der Waals surface area (Å²) in [6, 6.07) is 20.1. The number of H-pyrrole nitrogens is 2. The van der Waals surface area contributed by atoms with Gasteiger partial charge in [-0.1, -0.05) is 24.3 Å². The van der Waals surface area contributed by atoms with Gasteiger partial charge in [0.05, 0.1) is 5.69 Å². The van der Waals surface area contributed by atoms with Crippen molar-refractivity contribution in [2.24, 2.45) is 0 Å². The molecule has 3 aromatic carbocycles. The number of carbonyl (C=O) groups is 2. The molecule has 5 aromatic rings. The fraction of sp³-hybridized carbons (Fsp3) is 0.138. The van der Waals surface area contributed by atoms with Crippen molar-refractivity contribution in [1.82, 2.24) is 20.2 Å². The maximum absolute atomic E-state index is 13.2. The molecular weight excluding hydrogens is 466 g/mol. The number of rotatable bonds is 7. The fourth-order valence-corrected chi connectivity index (χ4v) is 4.26. The molecule has 2 aromatic heterocycles. The molecule has 4 N–H and O–H groups in total. The van der Waals surface area contributed by atoms with E-state index in [1.54, 1.807) is 30.3 Å². The minimum atomic E-state index is -0.504.